The van der Waals surface area contributed by atoms with E-state index in [9.17, 15) is 4.79 Å². The van der Waals surface area contributed by atoms with Gasteiger partial charge in [0.1, 0.15) is 0 Å². The Morgan fingerprint density at radius 3 is 2.81 bits per heavy atom. The summed E-state index contributed by atoms with van der Waals surface area (Å²) in [4.78, 5) is 11.8. The summed E-state index contributed by atoms with van der Waals surface area (Å²) in [5, 5.41) is 3.27. The van der Waals surface area contributed by atoms with Gasteiger partial charge in [0.25, 0.3) is 0 Å². The first-order valence-electron chi connectivity index (χ1n) is 5.07. The number of carbonyl (C=O) groups excluding carboxylic acids is 1. The highest BCUT2D eigenvalue weighted by Crippen LogP contribution is 2.22. The van der Waals surface area contributed by atoms with Gasteiger partial charge in [0.15, 0.2) is 0 Å². The summed E-state index contributed by atoms with van der Waals surface area (Å²) in [6, 6.07) is 6.86. The van der Waals surface area contributed by atoms with Gasteiger partial charge in [-0.25, -0.2) is 0 Å². The average molecular weight is 241 g/mol. The largest absolute Gasteiger partial charge is 0.379 e. The van der Waals surface area contributed by atoms with E-state index in [1.165, 1.54) is 0 Å². The first-order valence-corrected chi connectivity index (χ1v) is 5.45. The smallest absolute Gasteiger partial charge is 0.231 e. The molecule has 1 aromatic rings. The van der Waals surface area contributed by atoms with Gasteiger partial charge < -0.3 is 15.8 Å². The number of nitrogens with one attached hydrogen (secondary N) is 1. The summed E-state index contributed by atoms with van der Waals surface area (Å²) in [5.41, 5.74) is 6.36. The lowest BCUT2D eigenvalue weighted by molar-refractivity contribution is -0.120. The van der Waals surface area contributed by atoms with Gasteiger partial charge in [0.2, 0.25) is 5.91 Å². The molecule has 3 N–H and O–H groups in total. The molecule has 5 heteroatoms. The fraction of sp³-hybridized carbons (Fsp3) is 0.364. The monoisotopic (exact) mass is 240 g/mol. The molecule has 1 amide bonds. The Labute approximate surface area is 98.7 Å². The van der Waals surface area contributed by atoms with Gasteiger partial charge in [0, 0.05) is 6.04 Å². The van der Waals surface area contributed by atoms with E-state index in [2.05, 4.69) is 5.32 Å². The lowest BCUT2D eigenvalue weighted by atomic mass is 10.0. The number of anilines is 1. The summed E-state index contributed by atoms with van der Waals surface area (Å²) < 4.78 is 5.14. The minimum Gasteiger partial charge on any atom is -0.379 e. The molecule has 1 aromatic carbocycles. The third-order valence-corrected chi connectivity index (χ3v) is 2.92. The Bertz CT molecular complexity index is 397. The van der Waals surface area contributed by atoms with Crippen LogP contribution in [0.3, 0.4) is 0 Å². The van der Waals surface area contributed by atoms with Crippen LogP contribution in [0.25, 0.3) is 0 Å². The molecule has 0 aliphatic carbocycles. The van der Waals surface area contributed by atoms with Gasteiger partial charge in [-0.1, -0.05) is 23.7 Å². The number of halogens is 1. The van der Waals surface area contributed by atoms with E-state index < -0.39 is 0 Å². The van der Waals surface area contributed by atoms with Crippen molar-refractivity contribution in [1.82, 2.24) is 0 Å². The lowest BCUT2D eigenvalue weighted by Gasteiger charge is -2.13. The molecule has 4 nitrogen and oxygen atoms in total. The highest BCUT2D eigenvalue weighted by atomic mass is 35.5. The number of hydrogen-bond acceptors (Lipinski definition) is 3. The molecule has 0 radical (unpaired) electrons. The minimum atomic E-state index is -0.295. The fourth-order valence-electron chi connectivity index (χ4n) is 1.63. The number of benzene rings is 1. The zero-order valence-corrected chi connectivity index (χ0v) is 9.41. The van der Waals surface area contributed by atoms with Gasteiger partial charge in [-0.2, -0.15) is 0 Å². The van der Waals surface area contributed by atoms with Crippen molar-refractivity contribution in [3.05, 3.63) is 29.3 Å². The third kappa shape index (κ3) is 2.35. The molecule has 1 fully saturated rings. The summed E-state index contributed by atoms with van der Waals surface area (Å²) in [6.45, 7) is 0.804. The van der Waals surface area contributed by atoms with Crippen molar-refractivity contribution in [3.63, 3.8) is 0 Å². The van der Waals surface area contributed by atoms with Crippen LogP contribution in [-0.4, -0.2) is 25.2 Å². The first-order chi connectivity index (χ1) is 7.68. The van der Waals surface area contributed by atoms with Crippen LogP contribution < -0.4 is 11.1 Å². The van der Waals surface area contributed by atoms with Crippen LogP contribution in [-0.2, 0) is 9.53 Å². The molecule has 1 aliphatic heterocycles. The van der Waals surface area contributed by atoms with Crippen LogP contribution in [0.5, 0.6) is 0 Å². The van der Waals surface area contributed by atoms with E-state index in [0.29, 0.717) is 23.9 Å². The number of ether oxygens (including phenoxy) is 1. The number of carbonyl (C=O) groups is 1. The number of hydrogen-bond donors (Lipinski definition) is 2. The molecule has 0 saturated carbocycles. The highest BCUT2D eigenvalue weighted by molar-refractivity contribution is 6.33. The molecule has 16 heavy (non-hydrogen) atoms. The minimum absolute atomic E-state index is 0.141. The number of amides is 1. The SMILES string of the molecule is NC1COCC1C(=O)Nc1ccccc1Cl. The van der Waals surface area contributed by atoms with Gasteiger partial charge in [-0.15, -0.1) is 0 Å². The summed E-state index contributed by atoms with van der Waals surface area (Å²) in [5.74, 6) is -0.436. The van der Waals surface area contributed by atoms with Gasteiger partial charge in [0.05, 0.1) is 29.8 Å². The topological polar surface area (TPSA) is 64.3 Å². The molecule has 0 aromatic heterocycles. The predicted octanol–water partition coefficient (Wildman–Crippen LogP) is 1.25. The van der Waals surface area contributed by atoms with Crippen molar-refractivity contribution in [2.45, 2.75) is 6.04 Å². The van der Waals surface area contributed by atoms with Crippen LogP contribution >= 0.6 is 11.6 Å². The van der Waals surface area contributed by atoms with Gasteiger partial charge in [-0.3, -0.25) is 4.79 Å². The average Bonchev–Trinajstić information content (AvgIpc) is 2.68. The maximum atomic E-state index is 11.8. The third-order valence-electron chi connectivity index (χ3n) is 2.59. The van der Waals surface area contributed by atoms with E-state index in [0.717, 1.165) is 0 Å². The quantitative estimate of drug-likeness (QED) is 0.818. The summed E-state index contributed by atoms with van der Waals surface area (Å²) in [7, 11) is 0. The van der Waals surface area contributed by atoms with Crippen LogP contribution in [0.1, 0.15) is 0 Å². The normalized spacial score (nSPS) is 24.4. The first kappa shape index (κ1) is 11.4. The van der Waals surface area contributed by atoms with Crippen molar-refractivity contribution in [3.8, 4) is 0 Å². The molecular weight excluding hydrogens is 228 g/mol. The molecule has 1 aliphatic rings. The van der Waals surface area contributed by atoms with Crippen molar-refractivity contribution in [1.29, 1.82) is 0 Å². The van der Waals surface area contributed by atoms with Gasteiger partial charge >= 0.3 is 0 Å². The predicted molar refractivity (Wildman–Crippen MR) is 62.4 cm³/mol. The Morgan fingerprint density at radius 2 is 2.19 bits per heavy atom. The summed E-state index contributed by atoms with van der Waals surface area (Å²) in [6.07, 6.45) is 0. The highest BCUT2D eigenvalue weighted by Gasteiger charge is 2.31. The maximum Gasteiger partial charge on any atom is 0.231 e. The Hall–Kier alpha value is -1.10. The molecule has 86 valence electrons. The number of nitrogens with two attached hydrogens (primary N) is 1. The lowest BCUT2D eigenvalue weighted by Crippen LogP contribution is -2.37. The van der Waals surface area contributed by atoms with Crippen molar-refractivity contribution in [2.24, 2.45) is 11.7 Å². The second kappa shape index (κ2) is 4.82. The molecule has 0 bridgehead atoms. The van der Waals surface area contributed by atoms with Crippen molar-refractivity contribution < 1.29 is 9.53 Å². The standard InChI is InChI=1S/C11H13ClN2O2/c12-8-3-1-2-4-10(8)14-11(15)7-5-16-6-9(7)13/h1-4,7,9H,5-6,13H2,(H,14,15). The molecule has 2 atom stereocenters. The Balaban J connectivity index is 2.05. The zero-order valence-electron chi connectivity index (χ0n) is 8.65. The van der Waals surface area contributed by atoms with E-state index >= 15 is 0 Å². The second-order valence-electron chi connectivity index (χ2n) is 3.78. The molecule has 2 unspecified atom stereocenters. The van der Waals surface area contributed by atoms with Crippen molar-refractivity contribution in [2.75, 3.05) is 18.5 Å². The molecule has 0 spiro atoms. The van der Waals surface area contributed by atoms with E-state index in [1.54, 1.807) is 12.1 Å². The van der Waals surface area contributed by atoms with E-state index in [1.807, 2.05) is 12.1 Å². The van der Waals surface area contributed by atoms with Crippen LogP contribution in [0.4, 0.5) is 5.69 Å². The van der Waals surface area contributed by atoms with Crippen molar-refractivity contribution >= 4 is 23.2 Å². The maximum absolute atomic E-state index is 11.8. The molecule has 2 rings (SSSR count). The molecular formula is C11H13ClN2O2. The van der Waals surface area contributed by atoms with Gasteiger partial charge in [-0.05, 0) is 12.1 Å². The van der Waals surface area contributed by atoms with E-state index in [4.69, 9.17) is 22.1 Å². The van der Waals surface area contributed by atoms with Crippen LogP contribution in [0.15, 0.2) is 24.3 Å². The van der Waals surface area contributed by atoms with Crippen LogP contribution in [0.2, 0.25) is 5.02 Å². The van der Waals surface area contributed by atoms with Crippen LogP contribution in [0, 0.1) is 5.92 Å². The van der Waals surface area contributed by atoms with E-state index in [-0.39, 0.29) is 17.9 Å². The number of rotatable bonds is 2. The Morgan fingerprint density at radius 1 is 1.44 bits per heavy atom. The molecule has 1 saturated heterocycles. The fourth-order valence-corrected chi connectivity index (χ4v) is 1.81. The number of para-hydroxylation sites is 1. The summed E-state index contributed by atoms with van der Waals surface area (Å²) >= 11 is 5.93. The Kier molecular flexibility index (Phi) is 3.43. The molecule has 1 heterocycles. The second-order valence-corrected chi connectivity index (χ2v) is 4.18. The zero-order chi connectivity index (χ0) is 11.5.